The molecule has 18 heavy (non-hydrogen) atoms. The van der Waals surface area contributed by atoms with Gasteiger partial charge in [0.1, 0.15) is 0 Å². The van der Waals surface area contributed by atoms with Gasteiger partial charge in [-0.15, -0.1) is 0 Å². The zero-order valence-electron chi connectivity index (χ0n) is 11.6. The SMILES string of the molecule is C1CC(OCCN(CC2CC2)CC2CC2)CCN1. The summed E-state index contributed by atoms with van der Waals surface area (Å²) in [6, 6.07) is 0. The van der Waals surface area contributed by atoms with Crippen LogP contribution in [-0.2, 0) is 4.74 Å². The molecular formula is C15H28N2O. The van der Waals surface area contributed by atoms with Gasteiger partial charge in [-0.1, -0.05) is 0 Å². The fraction of sp³-hybridized carbons (Fsp3) is 1.00. The molecule has 104 valence electrons. The molecule has 0 aromatic heterocycles. The van der Waals surface area contributed by atoms with Crippen LogP contribution >= 0.6 is 0 Å². The number of rotatable bonds is 8. The molecule has 2 saturated carbocycles. The Hall–Kier alpha value is -0.120. The van der Waals surface area contributed by atoms with Gasteiger partial charge in [0.2, 0.25) is 0 Å². The third kappa shape index (κ3) is 4.52. The van der Waals surface area contributed by atoms with E-state index in [1.54, 1.807) is 0 Å². The lowest BCUT2D eigenvalue weighted by Crippen LogP contribution is -2.36. The lowest BCUT2D eigenvalue weighted by Gasteiger charge is -2.26. The van der Waals surface area contributed by atoms with E-state index in [1.165, 1.54) is 51.6 Å². The molecule has 3 aliphatic rings. The molecule has 1 N–H and O–H groups in total. The lowest BCUT2D eigenvalue weighted by atomic mass is 10.1. The topological polar surface area (TPSA) is 24.5 Å². The van der Waals surface area contributed by atoms with Crippen molar-refractivity contribution < 1.29 is 4.74 Å². The van der Waals surface area contributed by atoms with Crippen molar-refractivity contribution in [3.8, 4) is 0 Å². The van der Waals surface area contributed by atoms with Crippen molar-refractivity contribution >= 4 is 0 Å². The Morgan fingerprint density at radius 3 is 2.06 bits per heavy atom. The highest BCUT2D eigenvalue weighted by Crippen LogP contribution is 2.33. The van der Waals surface area contributed by atoms with Gasteiger partial charge < -0.3 is 15.0 Å². The second-order valence-electron chi connectivity index (χ2n) is 6.47. The minimum absolute atomic E-state index is 0.523. The van der Waals surface area contributed by atoms with Gasteiger partial charge in [0.15, 0.2) is 0 Å². The zero-order chi connectivity index (χ0) is 12.2. The van der Waals surface area contributed by atoms with Gasteiger partial charge in [-0.3, -0.25) is 0 Å². The third-order valence-corrected chi connectivity index (χ3v) is 4.47. The summed E-state index contributed by atoms with van der Waals surface area (Å²) in [5.74, 6) is 2.03. The molecule has 3 fully saturated rings. The van der Waals surface area contributed by atoms with Gasteiger partial charge in [0, 0.05) is 19.6 Å². The van der Waals surface area contributed by atoms with Crippen molar-refractivity contribution in [2.45, 2.75) is 44.6 Å². The van der Waals surface area contributed by atoms with E-state index in [1.807, 2.05) is 0 Å². The van der Waals surface area contributed by atoms with E-state index in [-0.39, 0.29) is 0 Å². The van der Waals surface area contributed by atoms with E-state index in [0.717, 1.165) is 38.1 Å². The molecule has 3 heteroatoms. The van der Waals surface area contributed by atoms with Crippen LogP contribution in [0, 0.1) is 11.8 Å². The fourth-order valence-corrected chi connectivity index (χ4v) is 2.90. The van der Waals surface area contributed by atoms with Crippen LogP contribution in [0.25, 0.3) is 0 Å². The van der Waals surface area contributed by atoms with E-state index in [0.29, 0.717) is 6.10 Å². The summed E-state index contributed by atoms with van der Waals surface area (Å²) in [6.07, 6.45) is 8.80. The molecule has 1 aliphatic heterocycles. The normalized spacial score (nSPS) is 25.8. The van der Waals surface area contributed by atoms with Gasteiger partial charge in [0.25, 0.3) is 0 Å². The Morgan fingerprint density at radius 1 is 0.889 bits per heavy atom. The second kappa shape index (κ2) is 6.36. The number of hydrogen-bond acceptors (Lipinski definition) is 3. The molecule has 0 radical (unpaired) electrons. The predicted molar refractivity (Wildman–Crippen MR) is 73.7 cm³/mol. The maximum absolute atomic E-state index is 6.04. The molecule has 0 bridgehead atoms. The first-order valence-corrected chi connectivity index (χ1v) is 7.95. The molecule has 2 aliphatic carbocycles. The highest BCUT2D eigenvalue weighted by Gasteiger charge is 2.29. The van der Waals surface area contributed by atoms with Crippen LogP contribution < -0.4 is 5.32 Å². The molecular weight excluding hydrogens is 224 g/mol. The van der Waals surface area contributed by atoms with Crippen LogP contribution in [0.3, 0.4) is 0 Å². The zero-order valence-corrected chi connectivity index (χ0v) is 11.6. The summed E-state index contributed by atoms with van der Waals surface area (Å²) in [5.41, 5.74) is 0. The standard InChI is InChI=1S/C15H28N2O/c1-2-13(1)11-17(12-14-3-4-14)9-10-18-15-5-7-16-8-6-15/h13-16H,1-12H2. The maximum Gasteiger partial charge on any atom is 0.0600 e. The summed E-state index contributed by atoms with van der Waals surface area (Å²) in [7, 11) is 0. The summed E-state index contributed by atoms with van der Waals surface area (Å²) in [5, 5.41) is 3.39. The number of hydrogen-bond donors (Lipinski definition) is 1. The lowest BCUT2D eigenvalue weighted by molar-refractivity contribution is 0.0190. The molecule has 0 aromatic rings. The molecule has 0 atom stereocenters. The first kappa shape index (κ1) is 12.9. The Bertz CT molecular complexity index is 231. The van der Waals surface area contributed by atoms with Crippen LogP contribution in [0.4, 0.5) is 0 Å². The highest BCUT2D eigenvalue weighted by atomic mass is 16.5. The number of nitrogens with zero attached hydrogens (tertiary/aromatic N) is 1. The van der Waals surface area contributed by atoms with E-state index in [2.05, 4.69) is 10.2 Å². The summed E-state index contributed by atoms with van der Waals surface area (Å²) < 4.78 is 6.04. The highest BCUT2D eigenvalue weighted by molar-refractivity contribution is 4.82. The number of ether oxygens (including phenoxy) is 1. The largest absolute Gasteiger partial charge is 0.377 e. The van der Waals surface area contributed by atoms with Gasteiger partial charge in [-0.2, -0.15) is 0 Å². The Labute approximate surface area is 111 Å². The minimum atomic E-state index is 0.523. The second-order valence-corrected chi connectivity index (χ2v) is 6.47. The van der Waals surface area contributed by atoms with Crippen LogP contribution in [0.5, 0.6) is 0 Å². The summed E-state index contributed by atoms with van der Waals surface area (Å²) >= 11 is 0. The quantitative estimate of drug-likeness (QED) is 0.714. The third-order valence-electron chi connectivity index (χ3n) is 4.47. The average Bonchev–Trinajstić information content (AvgIpc) is 3.26. The van der Waals surface area contributed by atoms with Crippen molar-refractivity contribution in [3.63, 3.8) is 0 Å². The van der Waals surface area contributed by atoms with Crippen molar-refractivity contribution in [1.82, 2.24) is 10.2 Å². The predicted octanol–water partition coefficient (Wildman–Crippen LogP) is 1.88. The van der Waals surface area contributed by atoms with Gasteiger partial charge in [-0.25, -0.2) is 0 Å². The van der Waals surface area contributed by atoms with Crippen LogP contribution in [0.1, 0.15) is 38.5 Å². The molecule has 1 heterocycles. The monoisotopic (exact) mass is 252 g/mol. The van der Waals surface area contributed by atoms with Crippen molar-refractivity contribution in [2.75, 3.05) is 39.3 Å². The summed E-state index contributed by atoms with van der Waals surface area (Å²) in [4.78, 5) is 2.68. The minimum Gasteiger partial charge on any atom is -0.377 e. The van der Waals surface area contributed by atoms with E-state index in [4.69, 9.17) is 4.74 Å². The van der Waals surface area contributed by atoms with Crippen molar-refractivity contribution in [1.29, 1.82) is 0 Å². The van der Waals surface area contributed by atoms with Crippen LogP contribution in [0.15, 0.2) is 0 Å². The maximum atomic E-state index is 6.04. The Kier molecular flexibility index (Phi) is 4.55. The first-order chi connectivity index (χ1) is 8.90. The van der Waals surface area contributed by atoms with Gasteiger partial charge in [0.05, 0.1) is 12.7 Å². The van der Waals surface area contributed by atoms with Crippen molar-refractivity contribution in [3.05, 3.63) is 0 Å². The number of nitrogens with one attached hydrogen (secondary N) is 1. The van der Waals surface area contributed by atoms with Gasteiger partial charge in [-0.05, 0) is 63.5 Å². The van der Waals surface area contributed by atoms with Gasteiger partial charge >= 0.3 is 0 Å². The molecule has 1 saturated heterocycles. The molecule has 0 spiro atoms. The van der Waals surface area contributed by atoms with Crippen molar-refractivity contribution in [2.24, 2.45) is 11.8 Å². The number of piperidine rings is 1. The van der Waals surface area contributed by atoms with E-state index >= 15 is 0 Å². The Balaban J connectivity index is 1.32. The fourth-order valence-electron chi connectivity index (χ4n) is 2.90. The molecule has 3 nitrogen and oxygen atoms in total. The van der Waals surface area contributed by atoms with Crippen LogP contribution in [-0.4, -0.2) is 50.3 Å². The molecule has 0 unspecified atom stereocenters. The molecule has 3 rings (SSSR count). The smallest absolute Gasteiger partial charge is 0.0600 e. The van der Waals surface area contributed by atoms with E-state index < -0.39 is 0 Å². The first-order valence-electron chi connectivity index (χ1n) is 7.95. The Morgan fingerprint density at radius 2 is 1.50 bits per heavy atom. The molecule has 0 aromatic carbocycles. The van der Waals surface area contributed by atoms with Crippen LogP contribution in [0.2, 0.25) is 0 Å². The summed E-state index contributed by atoms with van der Waals surface area (Å²) in [6.45, 7) is 7.07. The average molecular weight is 252 g/mol. The van der Waals surface area contributed by atoms with E-state index in [9.17, 15) is 0 Å². The molecule has 0 amide bonds.